The molecule has 12 nitrogen and oxygen atoms in total. The maximum absolute atomic E-state index is 5.01. The molecule has 57 heavy (non-hydrogen) atoms. The van der Waals surface area contributed by atoms with Crippen LogP contribution in [0.1, 0.15) is 151 Å². The fourth-order valence-corrected chi connectivity index (χ4v) is 8.06. The van der Waals surface area contributed by atoms with Gasteiger partial charge >= 0.3 is 52.0 Å². The molecule has 0 radical (unpaired) electrons. The number of hydrogen-bond donors (Lipinski definition) is 0. The third kappa shape index (κ3) is 9.93. The van der Waals surface area contributed by atoms with E-state index in [0.29, 0.717) is 0 Å². The van der Waals surface area contributed by atoms with Crippen LogP contribution in [0.15, 0.2) is 36.4 Å². The Kier molecular flexibility index (Phi) is 17.6. The minimum Gasteiger partial charge on any atom is -0.400 e. The second kappa shape index (κ2) is 21.6. The van der Waals surface area contributed by atoms with Crippen LogP contribution in [0, 0.1) is 0 Å². The largest absolute Gasteiger partial charge is 2.00 e. The van der Waals surface area contributed by atoms with Gasteiger partial charge in [-0.05, 0) is 148 Å². The van der Waals surface area contributed by atoms with Gasteiger partial charge in [0.2, 0.25) is 0 Å². The van der Waals surface area contributed by atoms with Gasteiger partial charge in [0.25, 0.3) is 0 Å². The molecule has 6 rings (SSSR count). The Balaban J connectivity index is 0.000000248. The average molecular weight is 803 g/mol. The molecule has 0 fully saturated rings. The monoisotopic (exact) mass is 803 g/mol. The molecule has 0 atom stereocenters. The van der Waals surface area contributed by atoms with Crippen LogP contribution in [0.3, 0.4) is 0 Å². The van der Waals surface area contributed by atoms with Crippen molar-refractivity contribution in [2.24, 2.45) is 0 Å². The molecule has 0 spiro atoms. The molecule has 0 unspecified atom stereocenters. The minimum absolute atomic E-state index is 0. The SMILES string of the molecule is CCc1cc(CC)n([BH-](n2nc(CC)cc2CC)n2nc(CC)cc2CC)n1.CCc1cc(CC)n([BH-](n2nc(CC)cc2CC)n2nc(CC)cc2CC)n1.[Ca+2]. The second-order valence-electron chi connectivity index (χ2n) is 14.9. The van der Waals surface area contributed by atoms with Crippen LogP contribution in [-0.4, -0.2) is 110 Å². The van der Waals surface area contributed by atoms with Crippen molar-refractivity contribution in [3.8, 4) is 0 Å². The smallest absolute Gasteiger partial charge is 0.400 e. The van der Waals surface area contributed by atoms with Gasteiger partial charge in [-0.25, -0.2) is 30.6 Å². The van der Waals surface area contributed by atoms with Gasteiger partial charge < -0.3 is 27.6 Å². The number of aromatic nitrogens is 12. The topological polar surface area (TPSA) is 107 Å². The van der Waals surface area contributed by atoms with Crippen molar-refractivity contribution in [2.75, 3.05) is 0 Å². The van der Waals surface area contributed by atoms with Crippen molar-refractivity contribution >= 4 is 52.0 Å². The molecule has 6 aromatic heterocycles. The Morgan fingerprint density at radius 1 is 0.281 bits per heavy atom. The number of nitrogens with zero attached hydrogens (tertiary/aromatic N) is 12. The van der Waals surface area contributed by atoms with Gasteiger partial charge in [-0.15, -0.1) is 0 Å². The Labute approximate surface area is 372 Å². The summed E-state index contributed by atoms with van der Waals surface area (Å²) < 4.78 is 13.3. The van der Waals surface area contributed by atoms with E-state index < -0.39 is 14.2 Å². The molecule has 0 bridgehead atoms. The summed E-state index contributed by atoms with van der Waals surface area (Å²) in [5, 5.41) is 30.0. The first-order valence-corrected chi connectivity index (χ1v) is 22.0. The van der Waals surface area contributed by atoms with Crippen LogP contribution in [0.4, 0.5) is 0 Å². The number of rotatable bonds is 18. The molecular formula is C42H68B2CaN12. The van der Waals surface area contributed by atoms with Gasteiger partial charge in [-0.2, -0.15) is 0 Å². The molecule has 0 amide bonds. The zero-order chi connectivity index (χ0) is 40.5. The van der Waals surface area contributed by atoms with Crippen LogP contribution in [0.25, 0.3) is 0 Å². The standard InChI is InChI=1S/2C21H34BN6.Ca/c2*1-7-16-13-19(10-4)26(23-16)22(27-20(11-5)14-17(8-2)24-27)28-21(12-6)15-18(9-3)25-28;/h2*13-15,22H,7-12H2,1-6H3;/q2*-1;+2. The van der Waals surface area contributed by atoms with Gasteiger partial charge in [0.15, 0.2) is 0 Å². The van der Waals surface area contributed by atoms with Crippen molar-refractivity contribution in [1.29, 1.82) is 0 Å². The Morgan fingerprint density at radius 2 is 0.421 bits per heavy atom. The molecule has 304 valence electrons. The first kappa shape index (κ1) is 46.3. The van der Waals surface area contributed by atoms with Gasteiger partial charge in [0, 0.05) is 0 Å². The fraction of sp³-hybridized carbons (Fsp3) is 0.571. The molecular weight excluding hydrogens is 734 g/mol. The number of hydrogen-bond acceptors (Lipinski definition) is 6. The molecule has 0 aromatic carbocycles. The summed E-state index contributed by atoms with van der Waals surface area (Å²) in [7, 11) is -2.62. The first-order valence-electron chi connectivity index (χ1n) is 22.0. The van der Waals surface area contributed by atoms with Gasteiger partial charge in [-0.1, -0.05) is 83.1 Å². The predicted octanol–water partition coefficient (Wildman–Crippen LogP) is 6.24. The van der Waals surface area contributed by atoms with Gasteiger partial charge in [0.05, 0.1) is 34.2 Å². The van der Waals surface area contributed by atoms with Crippen molar-refractivity contribution in [1.82, 2.24) is 58.1 Å². The molecule has 0 aliphatic carbocycles. The normalized spacial score (nSPS) is 11.5. The van der Waals surface area contributed by atoms with E-state index >= 15 is 0 Å². The molecule has 0 N–H and O–H groups in total. The molecule has 0 aliphatic heterocycles. The minimum atomic E-state index is -1.31. The van der Waals surface area contributed by atoms with E-state index in [9.17, 15) is 0 Å². The quantitative estimate of drug-likeness (QED) is 0.0954. The second-order valence-corrected chi connectivity index (χ2v) is 14.9. The zero-order valence-electron chi connectivity index (χ0n) is 37.4. The van der Waals surface area contributed by atoms with Crippen molar-refractivity contribution in [3.63, 3.8) is 0 Å². The summed E-state index contributed by atoms with van der Waals surface area (Å²) in [6.07, 6.45) is 11.3. The molecule has 0 aliphatic rings. The van der Waals surface area contributed by atoms with Crippen LogP contribution in [-0.2, 0) is 77.0 Å². The van der Waals surface area contributed by atoms with Crippen LogP contribution >= 0.6 is 0 Å². The van der Waals surface area contributed by atoms with Gasteiger partial charge in [0.1, 0.15) is 0 Å². The van der Waals surface area contributed by atoms with E-state index in [-0.39, 0.29) is 37.7 Å². The summed E-state index contributed by atoms with van der Waals surface area (Å²) in [6, 6.07) is 13.5. The van der Waals surface area contributed by atoms with E-state index in [1.165, 1.54) is 34.2 Å². The molecule has 0 saturated carbocycles. The third-order valence-electron chi connectivity index (χ3n) is 11.4. The maximum atomic E-state index is 5.01. The summed E-state index contributed by atoms with van der Waals surface area (Å²) in [6.45, 7) is 26.2. The summed E-state index contributed by atoms with van der Waals surface area (Å²) in [5.41, 5.74) is 14.3. The van der Waals surface area contributed by atoms with E-state index in [4.69, 9.17) is 30.6 Å². The van der Waals surface area contributed by atoms with Crippen LogP contribution in [0.5, 0.6) is 0 Å². The van der Waals surface area contributed by atoms with E-state index in [1.54, 1.807) is 0 Å². The summed E-state index contributed by atoms with van der Waals surface area (Å²) in [4.78, 5) is 0. The van der Waals surface area contributed by atoms with E-state index in [2.05, 4.69) is 147 Å². The van der Waals surface area contributed by atoms with Crippen molar-refractivity contribution < 1.29 is 0 Å². The number of aryl methyl sites for hydroxylation is 12. The Morgan fingerprint density at radius 3 is 0.526 bits per heavy atom. The van der Waals surface area contributed by atoms with Crippen LogP contribution < -0.4 is 0 Å². The third-order valence-corrected chi connectivity index (χ3v) is 11.4. The first-order chi connectivity index (χ1) is 27.2. The Hall–Kier alpha value is -3.35. The van der Waals surface area contributed by atoms with Gasteiger partial charge in [-0.3, -0.25) is 0 Å². The predicted molar refractivity (Wildman–Crippen MR) is 238 cm³/mol. The average Bonchev–Trinajstić information content (AvgIpc) is 4.10. The summed E-state index contributed by atoms with van der Waals surface area (Å²) >= 11 is 0. The van der Waals surface area contributed by atoms with E-state index in [0.717, 1.165) is 111 Å². The zero-order valence-corrected chi connectivity index (χ0v) is 39.6. The molecule has 6 aromatic rings. The van der Waals surface area contributed by atoms with Crippen molar-refractivity contribution in [3.05, 3.63) is 105 Å². The van der Waals surface area contributed by atoms with E-state index in [1.807, 2.05) is 0 Å². The molecule has 15 heteroatoms. The Bertz CT molecular complexity index is 1760. The fourth-order valence-electron chi connectivity index (χ4n) is 8.06. The van der Waals surface area contributed by atoms with Crippen molar-refractivity contribution in [2.45, 2.75) is 160 Å². The molecule has 0 saturated heterocycles. The summed E-state index contributed by atoms with van der Waals surface area (Å²) in [5.74, 6) is 0. The molecule has 6 heterocycles. The maximum Gasteiger partial charge on any atom is 2.00 e. The van der Waals surface area contributed by atoms with Crippen LogP contribution in [0.2, 0.25) is 0 Å².